The third-order valence-corrected chi connectivity index (χ3v) is 1.80. The van der Waals surface area contributed by atoms with E-state index >= 15 is 0 Å². The molecule has 0 bridgehead atoms. The first-order valence-electron chi connectivity index (χ1n) is 4.61. The van der Waals surface area contributed by atoms with E-state index in [0.29, 0.717) is 18.4 Å². The molecule has 3 nitrogen and oxygen atoms in total. The molecule has 1 N–H and O–H groups in total. The summed E-state index contributed by atoms with van der Waals surface area (Å²) >= 11 is 0. The number of alkyl halides is 2. The third-order valence-electron chi connectivity index (χ3n) is 1.80. The largest absolute Gasteiger partial charge is 0.328 e. The molecule has 0 aliphatic carbocycles. The van der Waals surface area contributed by atoms with E-state index in [-0.39, 0.29) is 6.54 Å². The fraction of sp³-hybridized carbons (Fsp3) is 0.667. The van der Waals surface area contributed by atoms with E-state index in [0.717, 1.165) is 0 Å². The second-order valence-corrected chi connectivity index (χ2v) is 3.42. The smallest absolute Gasteiger partial charge is 0.256 e. The highest BCUT2D eigenvalue weighted by Gasteiger charge is 2.08. The van der Waals surface area contributed by atoms with E-state index in [4.69, 9.17) is 0 Å². The summed E-state index contributed by atoms with van der Waals surface area (Å²) in [7, 11) is 0. The first-order chi connectivity index (χ1) is 6.59. The van der Waals surface area contributed by atoms with Crippen LogP contribution >= 0.6 is 0 Å². The molecule has 0 saturated carbocycles. The van der Waals surface area contributed by atoms with Crippen molar-refractivity contribution in [1.82, 2.24) is 14.9 Å². The van der Waals surface area contributed by atoms with Crippen molar-refractivity contribution in [3.63, 3.8) is 0 Å². The molecule has 0 unspecified atom stereocenters. The Morgan fingerprint density at radius 1 is 1.50 bits per heavy atom. The van der Waals surface area contributed by atoms with Crippen molar-refractivity contribution in [3.8, 4) is 0 Å². The Kier molecular flexibility index (Phi) is 4.00. The number of imidazole rings is 1. The Bertz CT molecular complexity index is 271. The number of nitrogens with zero attached hydrogens (tertiary/aromatic N) is 2. The van der Waals surface area contributed by atoms with Gasteiger partial charge >= 0.3 is 0 Å². The van der Waals surface area contributed by atoms with Gasteiger partial charge in [0.15, 0.2) is 0 Å². The number of hydrogen-bond acceptors (Lipinski definition) is 2. The topological polar surface area (TPSA) is 29.9 Å². The van der Waals surface area contributed by atoms with Gasteiger partial charge in [-0.1, -0.05) is 13.8 Å². The molecule has 0 aromatic carbocycles. The molecule has 0 fully saturated rings. The molecule has 1 rings (SSSR count). The van der Waals surface area contributed by atoms with Crippen LogP contribution in [-0.4, -0.2) is 22.0 Å². The highest BCUT2D eigenvalue weighted by Crippen LogP contribution is 2.03. The molecule has 0 atom stereocenters. The van der Waals surface area contributed by atoms with Gasteiger partial charge in [-0.3, -0.25) is 0 Å². The summed E-state index contributed by atoms with van der Waals surface area (Å²) in [6.45, 7) is 4.24. The molecule has 1 aromatic rings. The molecule has 1 heterocycles. The minimum atomic E-state index is -2.33. The van der Waals surface area contributed by atoms with Gasteiger partial charge in [-0.2, -0.15) is 0 Å². The van der Waals surface area contributed by atoms with Crippen LogP contribution in [0.3, 0.4) is 0 Å². The Balaban J connectivity index is 2.53. The molecule has 0 saturated heterocycles. The number of nitrogens with one attached hydrogen (secondary N) is 1. The summed E-state index contributed by atoms with van der Waals surface area (Å²) in [6.07, 6.45) is 0.783. The van der Waals surface area contributed by atoms with Crippen molar-refractivity contribution < 1.29 is 8.78 Å². The van der Waals surface area contributed by atoms with E-state index in [1.807, 2.05) is 13.8 Å². The number of hydrogen-bond donors (Lipinski definition) is 1. The summed E-state index contributed by atoms with van der Waals surface area (Å²) in [6, 6.07) is 0.326. The molecule has 0 spiro atoms. The van der Waals surface area contributed by atoms with Gasteiger partial charge in [0, 0.05) is 18.4 Å². The molecule has 5 heteroatoms. The fourth-order valence-electron chi connectivity index (χ4n) is 1.12. The second-order valence-electron chi connectivity index (χ2n) is 3.42. The minimum absolute atomic E-state index is 0.283. The summed E-state index contributed by atoms with van der Waals surface area (Å²) in [5.74, 6) is 0.652. The maximum atomic E-state index is 12.1. The van der Waals surface area contributed by atoms with Gasteiger partial charge in [-0.15, -0.1) is 0 Å². The molecule has 0 aliphatic rings. The maximum absolute atomic E-state index is 12.1. The Morgan fingerprint density at radius 3 is 2.79 bits per heavy atom. The number of halogens is 2. The zero-order valence-electron chi connectivity index (χ0n) is 8.37. The third kappa shape index (κ3) is 3.41. The fourth-order valence-corrected chi connectivity index (χ4v) is 1.12. The summed E-state index contributed by atoms with van der Waals surface area (Å²) in [4.78, 5) is 4.01. The SMILES string of the molecule is CC(C)NCc1nccn1CC(F)F. The van der Waals surface area contributed by atoms with Crippen molar-refractivity contribution in [2.45, 2.75) is 39.4 Å². The molecule has 0 aliphatic heterocycles. The van der Waals surface area contributed by atoms with E-state index in [9.17, 15) is 8.78 Å². The Labute approximate surface area is 82.1 Å². The van der Waals surface area contributed by atoms with Crippen LogP contribution in [0.15, 0.2) is 12.4 Å². The summed E-state index contributed by atoms with van der Waals surface area (Å²) in [5.41, 5.74) is 0. The lowest BCUT2D eigenvalue weighted by Crippen LogP contribution is -2.24. The highest BCUT2D eigenvalue weighted by atomic mass is 19.3. The number of aromatic nitrogens is 2. The van der Waals surface area contributed by atoms with E-state index in [1.54, 1.807) is 12.4 Å². The van der Waals surface area contributed by atoms with Gasteiger partial charge in [0.2, 0.25) is 0 Å². The first-order valence-corrected chi connectivity index (χ1v) is 4.61. The molecule has 0 radical (unpaired) electrons. The van der Waals surface area contributed by atoms with Crippen LogP contribution in [0.1, 0.15) is 19.7 Å². The van der Waals surface area contributed by atoms with Crippen molar-refractivity contribution in [3.05, 3.63) is 18.2 Å². The maximum Gasteiger partial charge on any atom is 0.256 e. The second kappa shape index (κ2) is 5.05. The van der Waals surface area contributed by atoms with Crippen LogP contribution in [0, 0.1) is 0 Å². The summed E-state index contributed by atoms with van der Waals surface area (Å²) < 4.78 is 25.7. The lowest BCUT2D eigenvalue weighted by molar-refractivity contribution is 0.125. The highest BCUT2D eigenvalue weighted by molar-refractivity contribution is 4.92. The lowest BCUT2D eigenvalue weighted by atomic mass is 10.4. The van der Waals surface area contributed by atoms with Crippen LogP contribution in [0.4, 0.5) is 8.78 Å². The average Bonchev–Trinajstić information content (AvgIpc) is 2.47. The standard InChI is InChI=1S/C9H15F2N3/c1-7(2)13-5-9-12-3-4-14(9)6-8(10)11/h3-4,7-8,13H,5-6H2,1-2H3. The Hall–Kier alpha value is -0.970. The molecule has 1 aromatic heterocycles. The van der Waals surface area contributed by atoms with Gasteiger partial charge in [0.05, 0.1) is 13.1 Å². The van der Waals surface area contributed by atoms with Crippen LogP contribution in [0.25, 0.3) is 0 Å². The average molecular weight is 203 g/mol. The van der Waals surface area contributed by atoms with Crippen LogP contribution in [0.5, 0.6) is 0 Å². The number of rotatable bonds is 5. The Morgan fingerprint density at radius 2 is 2.21 bits per heavy atom. The molecular formula is C9H15F2N3. The van der Waals surface area contributed by atoms with Crippen LogP contribution in [0.2, 0.25) is 0 Å². The van der Waals surface area contributed by atoms with E-state index in [2.05, 4.69) is 10.3 Å². The van der Waals surface area contributed by atoms with Gasteiger partial charge in [-0.05, 0) is 0 Å². The van der Waals surface area contributed by atoms with Crippen molar-refractivity contribution >= 4 is 0 Å². The van der Waals surface area contributed by atoms with Gasteiger partial charge in [-0.25, -0.2) is 13.8 Å². The quantitative estimate of drug-likeness (QED) is 0.788. The van der Waals surface area contributed by atoms with Gasteiger partial charge in [0.25, 0.3) is 6.43 Å². The zero-order valence-corrected chi connectivity index (χ0v) is 8.37. The predicted octanol–water partition coefficient (Wildman–Crippen LogP) is 1.65. The van der Waals surface area contributed by atoms with Crippen molar-refractivity contribution in [1.29, 1.82) is 0 Å². The molecule has 80 valence electrons. The normalized spacial score (nSPS) is 11.6. The van der Waals surface area contributed by atoms with Crippen LogP contribution < -0.4 is 5.32 Å². The van der Waals surface area contributed by atoms with E-state index < -0.39 is 6.43 Å². The van der Waals surface area contributed by atoms with Crippen molar-refractivity contribution in [2.24, 2.45) is 0 Å². The molecular weight excluding hydrogens is 188 g/mol. The summed E-state index contributed by atoms with van der Waals surface area (Å²) in [5, 5.41) is 3.13. The first kappa shape index (κ1) is 11.1. The van der Waals surface area contributed by atoms with Gasteiger partial charge < -0.3 is 9.88 Å². The molecule has 14 heavy (non-hydrogen) atoms. The van der Waals surface area contributed by atoms with E-state index in [1.165, 1.54) is 4.57 Å². The van der Waals surface area contributed by atoms with Crippen molar-refractivity contribution in [2.75, 3.05) is 0 Å². The molecule has 0 amide bonds. The minimum Gasteiger partial charge on any atom is -0.328 e. The monoisotopic (exact) mass is 203 g/mol. The lowest BCUT2D eigenvalue weighted by Gasteiger charge is -2.10. The predicted molar refractivity (Wildman–Crippen MR) is 50.2 cm³/mol. The zero-order chi connectivity index (χ0) is 10.6. The van der Waals surface area contributed by atoms with Crippen LogP contribution in [-0.2, 0) is 13.1 Å². The van der Waals surface area contributed by atoms with Gasteiger partial charge in [0.1, 0.15) is 5.82 Å².